The molecule has 0 aromatic heterocycles. The van der Waals surface area contributed by atoms with Crippen LogP contribution in [0.2, 0.25) is 0 Å². The van der Waals surface area contributed by atoms with Gasteiger partial charge in [-0.25, -0.2) is 0 Å². The zero-order chi connectivity index (χ0) is 22.1. The molecule has 2 aromatic carbocycles. The minimum Gasteiger partial charge on any atom is -0.497 e. The molecule has 0 radical (unpaired) electrons. The lowest BCUT2D eigenvalue weighted by Gasteiger charge is -2.58. The summed E-state index contributed by atoms with van der Waals surface area (Å²) >= 11 is 1.92. The van der Waals surface area contributed by atoms with Gasteiger partial charge in [0.05, 0.1) is 12.7 Å². The maximum absolute atomic E-state index is 12.2. The van der Waals surface area contributed by atoms with Gasteiger partial charge >= 0.3 is 0 Å². The van der Waals surface area contributed by atoms with Gasteiger partial charge in [-0.2, -0.15) is 0 Å². The van der Waals surface area contributed by atoms with E-state index in [1.165, 1.54) is 22.4 Å². The Bertz CT molecular complexity index is 1020. The number of benzene rings is 2. The highest BCUT2D eigenvalue weighted by Gasteiger charge is 2.80. The van der Waals surface area contributed by atoms with E-state index in [2.05, 4.69) is 55.5 Å². The van der Waals surface area contributed by atoms with Crippen LogP contribution in [0, 0.1) is 22.7 Å². The molecule has 0 saturated heterocycles. The van der Waals surface area contributed by atoms with Crippen molar-refractivity contribution in [3.05, 3.63) is 59.7 Å². The maximum Gasteiger partial charge on any atom is 0.119 e. The molecule has 32 heavy (non-hydrogen) atoms. The van der Waals surface area contributed by atoms with Crippen molar-refractivity contribution in [1.29, 1.82) is 0 Å². The van der Waals surface area contributed by atoms with Gasteiger partial charge in [0.25, 0.3) is 0 Å². The lowest BCUT2D eigenvalue weighted by atomic mass is 9.48. The van der Waals surface area contributed by atoms with E-state index in [0.29, 0.717) is 11.8 Å². The number of fused-ring (bicyclic) bond motifs is 3. The summed E-state index contributed by atoms with van der Waals surface area (Å²) < 4.78 is 5.51. The van der Waals surface area contributed by atoms with E-state index in [1.54, 1.807) is 7.11 Å². The third-order valence-electron chi connectivity index (χ3n) is 10.2. The first-order valence-corrected chi connectivity index (χ1v) is 13.1. The number of aryl methyl sites for hydroxylation is 1. The molecule has 4 heteroatoms. The van der Waals surface area contributed by atoms with Crippen LogP contribution < -0.4 is 4.74 Å². The van der Waals surface area contributed by atoms with Crippen molar-refractivity contribution in [2.45, 2.75) is 67.1 Å². The van der Waals surface area contributed by atoms with Gasteiger partial charge in [0.15, 0.2) is 0 Å². The minimum absolute atomic E-state index is 0.0518. The molecule has 0 aliphatic heterocycles. The summed E-state index contributed by atoms with van der Waals surface area (Å²) in [6.07, 6.45) is 6.33. The Kier molecular flexibility index (Phi) is 4.78. The Morgan fingerprint density at radius 3 is 2.62 bits per heavy atom. The predicted molar refractivity (Wildman–Crippen MR) is 128 cm³/mol. The second-order valence-corrected chi connectivity index (χ2v) is 12.0. The van der Waals surface area contributed by atoms with Crippen LogP contribution in [0.1, 0.15) is 56.1 Å². The number of rotatable bonds is 4. The molecule has 0 spiro atoms. The van der Waals surface area contributed by atoms with Gasteiger partial charge in [0.1, 0.15) is 5.75 Å². The number of aliphatic hydroxyl groups excluding tert-OH is 1. The second-order valence-electron chi connectivity index (χ2n) is 10.8. The summed E-state index contributed by atoms with van der Waals surface area (Å²) in [6.45, 7) is 2.44. The van der Waals surface area contributed by atoms with E-state index >= 15 is 0 Å². The maximum atomic E-state index is 12.2. The molecule has 0 amide bonds. The molecule has 0 heterocycles. The quantitative estimate of drug-likeness (QED) is 0.652. The largest absolute Gasteiger partial charge is 0.497 e. The first kappa shape index (κ1) is 21.1. The molecule has 3 saturated carbocycles. The molecule has 7 atom stereocenters. The van der Waals surface area contributed by atoms with Crippen molar-refractivity contribution in [3.8, 4) is 5.75 Å². The van der Waals surface area contributed by atoms with Gasteiger partial charge in [-0.15, -0.1) is 11.8 Å². The molecule has 6 rings (SSSR count). The van der Waals surface area contributed by atoms with Crippen molar-refractivity contribution in [3.63, 3.8) is 0 Å². The summed E-state index contributed by atoms with van der Waals surface area (Å²) in [5, 5.41) is 23.0. The molecule has 3 nitrogen and oxygen atoms in total. The van der Waals surface area contributed by atoms with Crippen molar-refractivity contribution < 1.29 is 14.9 Å². The number of aliphatic hydroxyl groups is 2. The van der Waals surface area contributed by atoms with E-state index in [1.807, 2.05) is 11.8 Å². The van der Waals surface area contributed by atoms with Gasteiger partial charge in [-0.3, -0.25) is 0 Å². The van der Waals surface area contributed by atoms with Crippen molar-refractivity contribution in [2.24, 2.45) is 22.7 Å². The standard InChI is InChI=1S/C28H34O3S/c1-26-13-12-22-21-10-9-19(31-2)16-18(21)8-11-23(22)27(26)14-15-28(26,30)24(17-29)25(27)32-20-6-4-3-5-7-20/h3-7,9-10,16,22-25,29-30H,8,11-15,17H2,1-2H3/t22-,23-,24+,25+,26+,27-,28-/m1/s1. The van der Waals surface area contributed by atoms with E-state index < -0.39 is 5.60 Å². The summed E-state index contributed by atoms with van der Waals surface area (Å²) in [7, 11) is 1.75. The molecule has 2 N–H and O–H groups in total. The lowest BCUT2D eigenvalue weighted by molar-refractivity contribution is -0.117. The van der Waals surface area contributed by atoms with Crippen LogP contribution in [0.5, 0.6) is 5.75 Å². The first-order valence-electron chi connectivity index (χ1n) is 12.2. The summed E-state index contributed by atoms with van der Waals surface area (Å²) in [5.74, 6) is 1.97. The topological polar surface area (TPSA) is 49.7 Å². The highest BCUT2D eigenvalue weighted by atomic mass is 32.2. The SMILES string of the molecule is COc1ccc2c(c1)CC[C@@H]1[C@@H]2CC[C@@]2(C)[C@]13CC[C@@]2(O)[C@@H](CO)[C@@H]3Sc1ccccc1. The Labute approximate surface area is 195 Å². The van der Waals surface area contributed by atoms with Crippen LogP contribution in [-0.4, -0.2) is 34.8 Å². The fourth-order valence-electron chi connectivity index (χ4n) is 8.78. The zero-order valence-electron chi connectivity index (χ0n) is 19.1. The molecule has 2 aromatic rings. The Morgan fingerprint density at radius 2 is 1.88 bits per heavy atom. The highest BCUT2D eigenvalue weighted by molar-refractivity contribution is 8.00. The smallest absolute Gasteiger partial charge is 0.119 e. The van der Waals surface area contributed by atoms with E-state index in [0.717, 1.165) is 37.9 Å². The molecule has 170 valence electrons. The van der Waals surface area contributed by atoms with Gasteiger partial charge < -0.3 is 14.9 Å². The average molecular weight is 451 g/mol. The lowest BCUT2D eigenvalue weighted by Crippen LogP contribution is -2.54. The van der Waals surface area contributed by atoms with Crippen molar-refractivity contribution in [1.82, 2.24) is 0 Å². The molecule has 2 bridgehead atoms. The number of hydrogen-bond donors (Lipinski definition) is 2. The Morgan fingerprint density at radius 1 is 1.06 bits per heavy atom. The monoisotopic (exact) mass is 450 g/mol. The molecular weight excluding hydrogens is 416 g/mol. The van der Waals surface area contributed by atoms with Gasteiger partial charge in [-0.05, 0) is 91.2 Å². The fourth-order valence-corrected chi connectivity index (χ4v) is 10.6. The number of ether oxygens (including phenoxy) is 1. The van der Waals surface area contributed by atoms with Crippen LogP contribution in [0.4, 0.5) is 0 Å². The summed E-state index contributed by atoms with van der Waals surface area (Å²) in [6, 6.07) is 17.3. The van der Waals surface area contributed by atoms with Crippen LogP contribution >= 0.6 is 11.8 Å². The van der Waals surface area contributed by atoms with Crippen molar-refractivity contribution in [2.75, 3.05) is 13.7 Å². The van der Waals surface area contributed by atoms with Crippen LogP contribution in [0.3, 0.4) is 0 Å². The normalized spacial score (nSPS) is 41.6. The van der Waals surface area contributed by atoms with E-state index in [4.69, 9.17) is 4.74 Å². The average Bonchev–Trinajstić information content (AvgIpc) is 3.15. The third kappa shape index (κ3) is 2.47. The Hall–Kier alpha value is -1.49. The van der Waals surface area contributed by atoms with Crippen LogP contribution in [-0.2, 0) is 6.42 Å². The summed E-state index contributed by atoms with van der Waals surface area (Å²) in [5.41, 5.74) is 2.10. The highest BCUT2D eigenvalue weighted by Crippen LogP contribution is 2.81. The van der Waals surface area contributed by atoms with Crippen LogP contribution in [0.25, 0.3) is 0 Å². The first-order chi connectivity index (χ1) is 15.5. The molecule has 4 aliphatic rings. The van der Waals surface area contributed by atoms with Crippen LogP contribution in [0.15, 0.2) is 53.4 Å². The predicted octanol–water partition coefficient (Wildman–Crippen LogP) is 5.44. The van der Waals surface area contributed by atoms with Crippen molar-refractivity contribution >= 4 is 11.8 Å². The van der Waals surface area contributed by atoms with E-state index in [9.17, 15) is 10.2 Å². The third-order valence-corrected chi connectivity index (χ3v) is 11.7. The van der Waals surface area contributed by atoms with Gasteiger partial charge in [-0.1, -0.05) is 31.2 Å². The number of thioether (sulfide) groups is 1. The minimum atomic E-state index is -0.765. The number of hydrogen-bond acceptors (Lipinski definition) is 4. The zero-order valence-corrected chi connectivity index (χ0v) is 19.9. The second kappa shape index (κ2) is 7.25. The Balaban J connectivity index is 1.47. The summed E-state index contributed by atoms with van der Waals surface area (Å²) in [4.78, 5) is 1.26. The molecular formula is C28H34O3S. The van der Waals surface area contributed by atoms with Gasteiger partial charge in [0.2, 0.25) is 0 Å². The molecule has 0 unspecified atom stereocenters. The molecule has 3 fully saturated rings. The van der Waals surface area contributed by atoms with Gasteiger partial charge in [0, 0.05) is 28.1 Å². The number of methoxy groups -OCH3 is 1. The fraction of sp³-hybridized carbons (Fsp3) is 0.571. The molecule has 4 aliphatic carbocycles. The van der Waals surface area contributed by atoms with E-state index in [-0.39, 0.29) is 28.6 Å².